The van der Waals surface area contributed by atoms with Crippen molar-refractivity contribution in [3.05, 3.63) is 5.89 Å². The largest absolute Gasteiger partial charge is 0.406 e. The van der Waals surface area contributed by atoms with E-state index >= 15 is 0 Å². The van der Waals surface area contributed by atoms with Crippen molar-refractivity contribution in [1.29, 1.82) is 0 Å². The van der Waals surface area contributed by atoms with E-state index < -0.39 is 0 Å². The number of hydrogen-bond acceptors (Lipinski definition) is 4. The van der Waals surface area contributed by atoms with Gasteiger partial charge in [-0.1, -0.05) is 18.9 Å². The molecule has 1 heterocycles. The molecule has 1 aromatic rings. The maximum absolute atomic E-state index is 5.83. The monoisotopic (exact) mass is 231 g/mol. The second kappa shape index (κ2) is 4.84. The quantitative estimate of drug-likeness (QED) is 0.790. The molecule has 4 nitrogen and oxygen atoms in total. The summed E-state index contributed by atoms with van der Waals surface area (Å²) in [5.41, 5.74) is -0.000641. The maximum atomic E-state index is 5.83. The zero-order chi connectivity index (χ0) is 11.5. The van der Waals surface area contributed by atoms with E-state index in [-0.39, 0.29) is 10.9 Å². The minimum Gasteiger partial charge on any atom is -0.406 e. The number of halogens is 1. The Hall–Kier alpha value is -0.770. The van der Waals surface area contributed by atoms with Crippen molar-refractivity contribution >= 4 is 17.6 Å². The third kappa shape index (κ3) is 3.09. The lowest BCUT2D eigenvalue weighted by atomic mass is 9.96. The van der Waals surface area contributed by atoms with Gasteiger partial charge in [0.15, 0.2) is 0 Å². The SMILES string of the molecule is CCC(C)(CC)Nc1nnc(C(C)Cl)o1. The van der Waals surface area contributed by atoms with Gasteiger partial charge in [0.1, 0.15) is 5.38 Å². The lowest BCUT2D eigenvalue weighted by Crippen LogP contribution is -2.33. The second-order valence-corrected chi connectivity index (χ2v) is 4.61. The Labute approximate surface area is 95.4 Å². The number of nitrogens with zero attached hydrogens (tertiary/aromatic N) is 2. The molecule has 1 aromatic heterocycles. The fraction of sp³-hybridized carbons (Fsp3) is 0.800. The molecule has 0 aliphatic rings. The van der Waals surface area contributed by atoms with Crippen LogP contribution in [0.3, 0.4) is 0 Å². The summed E-state index contributed by atoms with van der Waals surface area (Å²) in [6, 6.07) is 0.448. The number of anilines is 1. The number of aromatic nitrogens is 2. The third-order valence-corrected chi connectivity index (χ3v) is 2.94. The zero-order valence-corrected chi connectivity index (χ0v) is 10.4. The first kappa shape index (κ1) is 12.3. The summed E-state index contributed by atoms with van der Waals surface area (Å²) < 4.78 is 5.38. The Balaban J connectivity index is 2.72. The summed E-state index contributed by atoms with van der Waals surface area (Å²) in [5, 5.41) is 10.7. The van der Waals surface area contributed by atoms with E-state index in [9.17, 15) is 0 Å². The van der Waals surface area contributed by atoms with E-state index in [4.69, 9.17) is 16.0 Å². The van der Waals surface area contributed by atoms with Crippen LogP contribution < -0.4 is 5.32 Å². The average Bonchev–Trinajstić information content (AvgIpc) is 2.66. The van der Waals surface area contributed by atoms with Crippen molar-refractivity contribution in [1.82, 2.24) is 10.2 Å². The zero-order valence-electron chi connectivity index (χ0n) is 9.67. The Morgan fingerprint density at radius 1 is 1.40 bits per heavy atom. The highest BCUT2D eigenvalue weighted by Gasteiger charge is 2.22. The Morgan fingerprint density at radius 3 is 2.40 bits per heavy atom. The Morgan fingerprint density at radius 2 is 2.00 bits per heavy atom. The topological polar surface area (TPSA) is 51.0 Å². The smallest absolute Gasteiger partial charge is 0.315 e. The van der Waals surface area contributed by atoms with E-state index in [1.807, 2.05) is 0 Å². The van der Waals surface area contributed by atoms with Crippen molar-refractivity contribution < 1.29 is 4.42 Å². The molecule has 1 unspecified atom stereocenters. The molecule has 0 fully saturated rings. The van der Waals surface area contributed by atoms with E-state index in [1.165, 1.54) is 0 Å². The lowest BCUT2D eigenvalue weighted by molar-refractivity contribution is 0.438. The predicted molar refractivity (Wildman–Crippen MR) is 61.2 cm³/mol. The summed E-state index contributed by atoms with van der Waals surface area (Å²) in [5.74, 6) is 0.453. The van der Waals surface area contributed by atoms with Crippen LogP contribution in [0.1, 0.15) is 51.8 Å². The third-order valence-electron chi connectivity index (χ3n) is 2.75. The van der Waals surface area contributed by atoms with Gasteiger partial charge in [0, 0.05) is 5.54 Å². The van der Waals surface area contributed by atoms with Gasteiger partial charge in [-0.3, -0.25) is 0 Å². The van der Waals surface area contributed by atoms with Crippen LogP contribution in [0.5, 0.6) is 0 Å². The fourth-order valence-electron chi connectivity index (χ4n) is 1.13. The van der Waals surface area contributed by atoms with Gasteiger partial charge < -0.3 is 9.73 Å². The van der Waals surface area contributed by atoms with E-state index in [0.29, 0.717) is 11.9 Å². The molecule has 5 heteroatoms. The number of nitrogens with one attached hydrogen (secondary N) is 1. The minimum absolute atomic E-state index is 0.000641. The normalized spacial score (nSPS) is 13.9. The first-order valence-corrected chi connectivity index (χ1v) is 5.70. The molecule has 15 heavy (non-hydrogen) atoms. The van der Waals surface area contributed by atoms with Crippen LogP contribution in [-0.2, 0) is 0 Å². The van der Waals surface area contributed by atoms with Gasteiger partial charge in [0.05, 0.1) is 0 Å². The summed E-state index contributed by atoms with van der Waals surface area (Å²) in [6.45, 7) is 8.18. The molecule has 0 bridgehead atoms. The van der Waals surface area contributed by atoms with Crippen molar-refractivity contribution in [2.75, 3.05) is 5.32 Å². The number of hydrogen-bond donors (Lipinski definition) is 1. The van der Waals surface area contributed by atoms with Gasteiger partial charge in [-0.2, -0.15) is 0 Å². The average molecular weight is 232 g/mol. The van der Waals surface area contributed by atoms with Gasteiger partial charge in [0.2, 0.25) is 5.89 Å². The molecular formula is C10H18ClN3O. The van der Waals surface area contributed by atoms with Crippen molar-refractivity contribution in [3.63, 3.8) is 0 Å². The standard InChI is InChI=1S/C10H18ClN3O/c1-5-10(4,6-2)12-9-14-13-8(15-9)7(3)11/h7H,5-6H2,1-4H3,(H,12,14). The van der Waals surface area contributed by atoms with Crippen molar-refractivity contribution in [2.24, 2.45) is 0 Å². The first-order valence-electron chi connectivity index (χ1n) is 5.26. The molecule has 1 atom stereocenters. The minimum atomic E-state index is -0.248. The molecule has 0 aromatic carbocycles. The summed E-state index contributed by atoms with van der Waals surface area (Å²) in [7, 11) is 0. The first-order chi connectivity index (χ1) is 7.00. The Bertz CT molecular complexity index is 307. The van der Waals surface area contributed by atoms with Crippen LogP contribution in [0, 0.1) is 0 Å². The molecule has 0 amide bonds. The highest BCUT2D eigenvalue weighted by atomic mass is 35.5. The molecule has 0 aliphatic carbocycles. The summed E-state index contributed by atoms with van der Waals surface area (Å²) in [6.07, 6.45) is 2.00. The summed E-state index contributed by atoms with van der Waals surface area (Å²) >= 11 is 5.83. The van der Waals surface area contributed by atoms with E-state index in [2.05, 4.69) is 36.3 Å². The van der Waals surface area contributed by atoms with Crippen molar-refractivity contribution in [3.8, 4) is 0 Å². The van der Waals surface area contributed by atoms with Gasteiger partial charge in [-0.05, 0) is 26.7 Å². The molecule has 1 N–H and O–H groups in total. The molecule has 86 valence electrons. The van der Waals surface area contributed by atoms with Gasteiger partial charge >= 0.3 is 6.01 Å². The van der Waals surface area contributed by atoms with Crippen LogP contribution in [0.2, 0.25) is 0 Å². The number of rotatable bonds is 5. The van der Waals surface area contributed by atoms with Gasteiger partial charge in [0.25, 0.3) is 0 Å². The molecule has 0 saturated heterocycles. The molecule has 0 saturated carbocycles. The maximum Gasteiger partial charge on any atom is 0.315 e. The number of alkyl halides is 1. The predicted octanol–water partition coefficient (Wildman–Crippen LogP) is 3.36. The van der Waals surface area contributed by atoms with Gasteiger partial charge in [-0.15, -0.1) is 16.7 Å². The highest BCUT2D eigenvalue weighted by molar-refractivity contribution is 6.20. The molecule has 0 spiro atoms. The fourth-order valence-corrected chi connectivity index (χ4v) is 1.22. The van der Waals surface area contributed by atoms with Crippen LogP contribution in [0.15, 0.2) is 4.42 Å². The van der Waals surface area contributed by atoms with Crippen molar-refractivity contribution in [2.45, 2.75) is 51.5 Å². The van der Waals surface area contributed by atoms with E-state index in [0.717, 1.165) is 12.8 Å². The van der Waals surface area contributed by atoms with Crippen LogP contribution >= 0.6 is 11.6 Å². The lowest BCUT2D eigenvalue weighted by Gasteiger charge is -2.26. The molecular weight excluding hydrogens is 214 g/mol. The highest BCUT2D eigenvalue weighted by Crippen LogP contribution is 2.23. The van der Waals surface area contributed by atoms with Crippen LogP contribution in [0.4, 0.5) is 6.01 Å². The Kier molecular flexibility index (Phi) is 3.97. The molecule has 0 radical (unpaired) electrons. The second-order valence-electron chi connectivity index (χ2n) is 3.95. The van der Waals surface area contributed by atoms with E-state index in [1.54, 1.807) is 6.92 Å². The summed E-state index contributed by atoms with van der Waals surface area (Å²) in [4.78, 5) is 0. The molecule has 0 aliphatic heterocycles. The van der Waals surface area contributed by atoms with Gasteiger partial charge in [-0.25, -0.2) is 0 Å². The molecule has 1 rings (SSSR count). The van der Waals surface area contributed by atoms with Crippen LogP contribution in [-0.4, -0.2) is 15.7 Å². The van der Waals surface area contributed by atoms with Crippen LogP contribution in [0.25, 0.3) is 0 Å².